The Labute approximate surface area is 114 Å². The molecule has 1 aromatic rings. The first-order chi connectivity index (χ1) is 9.06. The zero-order valence-electron chi connectivity index (χ0n) is 11.6. The van der Waals surface area contributed by atoms with Crippen molar-refractivity contribution < 1.29 is 4.79 Å². The standard InChI is InChI=1S/C14H20N4O/c1-11(18(2)3)9-17-14(19)13-6-8-16-10-12(13)5-4-7-15/h6,8,10-11H,7,9,15H2,1-3H3,(H,17,19). The van der Waals surface area contributed by atoms with Crippen molar-refractivity contribution in [2.45, 2.75) is 13.0 Å². The molecule has 5 heteroatoms. The van der Waals surface area contributed by atoms with E-state index in [0.717, 1.165) is 0 Å². The summed E-state index contributed by atoms with van der Waals surface area (Å²) in [6.45, 7) is 2.88. The molecule has 0 aliphatic heterocycles. The summed E-state index contributed by atoms with van der Waals surface area (Å²) in [6.07, 6.45) is 3.16. The quantitative estimate of drug-likeness (QED) is 0.752. The average molecular weight is 260 g/mol. The number of hydrogen-bond donors (Lipinski definition) is 2. The number of carbonyl (C=O) groups is 1. The number of pyridine rings is 1. The molecule has 1 atom stereocenters. The third-order valence-corrected chi connectivity index (χ3v) is 2.83. The SMILES string of the molecule is CC(CNC(=O)c1ccncc1C#CCN)N(C)C. The Morgan fingerprint density at radius 2 is 2.32 bits per heavy atom. The molecule has 102 valence electrons. The second kappa shape index (κ2) is 7.52. The Kier molecular flexibility index (Phi) is 6.00. The fourth-order valence-electron chi connectivity index (χ4n) is 1.36. The number of nitrogens with one attached hydrogen (secondary N) is 1. The molecular weight excluding hydrogens is 240 g/mol. The van der Waals surface area contributed by atoms with Crippen molar-refractivity contribution in [2.75, 3.05) is 27.2 Å². The first-order valence-electron chi connectivity index (χ1n) is 6.13. The topological polar surface area (TPSA) is 71.2 Å². The monoisotopic (exact) mass is 260 g/mol. The zero-order chi connectivity index (χ0) is 14.3. The maximum atomic E-state index is 12.1. The number of carbonyl (C=O) groups excluding carboxylic acids is 1. The van der Waals surface area contributed by atoms with Crippen molar-refractivity contribution >= 4 is 5.91 Å². The predicted molar refractivity (Wildman–Crippen MR) is 75.7 cm³/mol. The highest BCUT2D eigenvalue weighted by Gasteiger charge is 2.12. The first-order valence-corrected chi connectivity index (χ1v) is 6.13. The summed E-state index contributed by atoms with van der Waals surface area (Å²) in [7, 11) is 3.95. The summed E-state index contributed by atoms with van der Waals surface area (Å²) in [5, 5.41) is 2.89. The van der Waals surface area contributed by atoms with Crippen molar-refractivity contribution in [3.8, 4) is 11.8 Å². The van der Waals surface area contributed by atoms with Gasteiger partial charge in [-0.05, 0) is 27.1 Å². The van der Waals surface area contributed by atoms with E-state index in [1.807, 2.05) is 25.9 Å². The number of nitrogens with zero attached hydrogens (tertiary/aromatic N) is 2. The molecule has 0 radical (unpaired) electrons. The van der Waals surface area contributed by atoms with Crippen molar-refractivity contribution in [1.82, 2.24) is 15.2 Å². The van der Waals surface area contributed by atoms with Gasteiger partial charge in [0.05, 0.1) is 17.7 Å². The lowest BCUT2D eigenvalue weighted by molar-refractivity contribution is 0.0943. The van der Waals surface area contributed by atoms with Gasteiger partial charge in [0.2, 0.25) is 0 Å². The summed E-state index contributed by atoms with van der Waals surface area (Å²) < 4.78 is 0. The van der Waals surface area contributed by atoms with Crippen LogP contribution >= 0.6 is 0 Å². The molecule has 5 nitrogen and oxygen atoms in total. The Morgan fingerprint density at radius 1 is 1.58 bits per heavy atom. The van der Waals surface area contributed by atoms with Crippen LogP contribution in [0.4, 0.5) is 0 Å². The van der Waals surface area contributed by atoms with E-state index in [0.29, 0.717) is 17.7 Å². The highest BCUT2D eigenvalue weighted by molar-refractivity contribution is 5.96. The van der Waals surface area contributed by atoms with Crippen LogP contribution in [0.1, 0.15) is 22.8 Å². The van der Waals surface area contributed by atoms with Crippen LogP contribution in [-0.4, -0.2) is 49.0 Å². The van der Waals surface area contributed by atoms with Gasteiger partial charge in [-0.3, -0.25) is 9.78 Å². The van der Waals surface area contributed by atoms with E-state index in [-0.39, 0.29) is 18.5 Å². The van der Waals surface area contributed by atoms with Gasteiger partial charge in [-0.2, -0.15) is 0 Å². The maximum Gasteiger partial charge on any atom is 0.252 e. The summed E-state index contributed by atoms with van der Waals surface area (Å²) in [6, 6.07) is 1.93. The normalized spacial score (nSPS) is 11.6. The lowest BCUT2D eigenvalue weighted by Gasteiger charge is -2.20. The van der Waals surface area contributed by atoms with Gasteiger partial charge in [0.15, 0.2) is 0 Å². The average Bonchev–Trinajstić information content (AvgIpc) is 2.42. The lowest BCUT2D eigenvalue weighted by atomic mass is 10.1. The van der Waals surface area contributed by atoms with Crippen LogP contribution in [0.5, 0.6) is 0 Å². The highest BCUT2D eigenvalue weighted by atomic mass is 16.1. The van der Waals surface area contributed by atoms with E-state index in [1.165, 1.54) is 0 Å². The van der Waals surface area contributed by atoms with Crippen LogP contribution in [0.2, 0.25) is 0 Å². The summed E-state index contributed by atoms with van der Waals surface area (Å²) in [5.74, 6) is 5.45. The molecule has 0 bridgehead atoms. The van der Waals surface area contributed by atoms with E-state index in [4.69, 9.17) is 5.73 Å². The third kappa shape index (κ3) is 4.70. The number of amides is 1. The summed E-state index contributed by atoms with van der Waals surface area (Å²) in [4.78, 5) is 18.1. The smallest absolute Gasteiger partial charge is 0.252 e. The Balaban J connectivity index is 2.77. The van der Waals surface area contributed by atoms with Crippen molar-refractivity contribution in [1.29, 1.82) is 0 Å². The molecule has 0 fully saturated rings. The third-order valence-electron chi connectivity index (χ3n) is 2.83. The van der Waals surface area contributed by atoms with Gasteiger partial charge in [-0.1, -0.05) is 11.8 Å². The van der Waals surface area contributed by atoms with Crippen LogP contribution in [0.3, 0.4) is 0 Å². The fraction of sp³-hybridized carbons (Fsp3) is 0.429. The molecule has 0 saturated carbocycles. The molecule has 1 rings (SSSR count). The van der Waals surface area contributed by atoms with Gasteiger partial charge in [-0.15, -0.1) is 0 Å². The summed E-state index contributed by atoms with van der Waals surface area (Å²) in [5.41, 5.74) is 6.46. The number of likely N-dealkylation sites (N-methyl/N-ethyl adjacent to an activating group) is 1. The maximum absolute atomic E-state index is 12.1. The van der Waals surface area contributed by atoms with Gasteiger partial charge in [0, 0.05) is 25.0 Å². The number of nitrogens with two attached hydrogens (primary N) is 1. The zero-order valence-corrected chi connectivity index (χ0v) is 11.6. The molecule has 0 aliphatic rings. The van der Waals surface area contributed by atoms with E-state index in [2.05, 4.69) is 22.1 Å². The molecule has 19 heavy (non-hydrogen) atoms. The van der Waals surface area contributed by atoms with Crippen molar-refractivity contribution in [3.63, 3.8) is 0 Å². The van der Waals surface area contributed by atoms with E-state index in [1.54, 1.807) is 18.5 Å². The molecular formula is C14H20N4O. The van der Waals surface area contributed by atoms with Crippen LogP contribution < -0.4 is 11.1 Å². The summed E-state index contributed by atoms with van der Waals surface area (Å²) >= 11 is 0. The minimum absolute atomic E-state index is 0.141. The minimum atomic E-state index is -0.141. The van der Waals surface area contributed by atoms with Gasteiger partial charge >= 0.3 is 0 Å². The van der Waals surface area contributed by atoms with Gasteiger partial charge < -0.3 is 16.0 Å². The second-order valence-electron chi connectivity index (χ2n) is 4.45. The predicted octanol–water partition coefficient (Wildman–Crippen LogP) is 0.0717. The largest absolute Gasteiger partial charge is 0.350 e. The Hall–Kier alpha value is -1.90. The Bertz CT molecular complexity index is 488. The van der Waals surface area contributed by atoms with E-state index in [9.17, 15) is 4.79 Å². The van der Waals surface area contributed by atoms with Gasteiger partial charge in [0.1, 0.15) is 0 Å². The van der Waals surface area contributed by atoms with Crippen LogP contribution in [0.15, 0.2) is 18.5 Å². The molecule has 1 unspecified atom stereocenters. The van der Waals surface area contributed by atoms with Gasteiger partial charge in [0.25, 0.3) is 5.91 Å². The van der Waals surface area contributed by atoms with Crippen molar-refractivity contribution in [3.05, 3.63) is 29.6 Å². The van der Waals surface area contributed by atoms with Crippen molar-refractivity contribution in [2.24, 2.45) is 5.73 Å². The molecule has 0 saturated heterocycles. The number of rotatable bonds is 4. The number of hydrogen-bond acceptors (Lipinski definition) is 4. The Morgan fingerprint density at radius 3 is 2.95 bits per heavy atom. The molecule has 0 spiro atoms. The second-order valence-corrected chi connectivity index (χ2v) is 4.45. The van der Waals surface area contributed by atoms with Crippen LogP contribution in [0.25, 0.3) is 0 Å². The first kappa shape index (κ1) is 15.2. The molecule has 0 aromatic carbocycles. The van der Waals surface area contributed by atoms with Gasteiger partial charge in [-0.25, -0.2) is 0 Å². The van der Waals surface area contributed by atoms with Crippen LogP contribution in [0, 0.1) is 11.8 Å². The van der Waals surface area contributed by atoms with E-state index < -0.39 is 0 Å². The molecule has 3 N–H and O–H groups in total. The number of aromatic nitrogens is 1. The highest BCUT2D eigenvalue weighted by Crippen LogP contribution is 2.05. The molecule has 0 aliphatic carbocycles. The minimum Gasteiger partial charge on any atom is -0.350 e. The lowest BCUT2D eigenvalue weighted by Crippen LogP contribution is -2.38. The molecule has 1 heterocycles. The van der Waals surface area contributed by atoms with E-state index >= 15 is 0 Å². The molecule has 1 aromatic heterocycles. The molecule has 1 amide bonds. The van der Waals surface area contributed by atoms with Crippen LogP contribution in [-0.2, 0) is 0 Å². The fourth-order valence-corrected chi connectivity index (χ4v) is 1.36.